The Morgan fingerprint density at radius 3 is 1.15 bits per heavy atom. The molecular formula is C56H105F3S8. The Labute approximate surface area is 449 Å². The Bertz CT molecular complexity index is 1170. The number of hydrogen-bond donors (Lipinski definition) is 0. The predicted octanol–water partition coefficient (Wildman–Crippen LogP) is 23.2. The first-order valence-electron chi connectivity index (χ1n) is 28.9. The van der Waals surface area contributed by atoms with Crippen molar-refractivity contribution in [2.45, 2.75) is 323 Å². The van der Waals surface area contributed by atoms with Crippen molar-refractivity contribution in [1.29, 1.82) is 0 Å². The molecule has 0 heterocycles. The lowest BCUT2D eigenvalue weighted by molar-refractivity contribution is -0.0333. The molecule has 4 unspecified atom stereocenters. The lowest BCUT2D eigenvalue weighted by Crippen LogP contribution is -2.68. The van der Waals surface area contributed by atoms with Gasteiger partial charge in [-0.1, -0.05) is 208 Å². The standard InChI is InChI=1S/C56H105F3S8/c1-7-13-17-20-27-38-48-63-55(67-56(57,58)59,66-51-43-29-22-21-23-30-44-51)52(11-5,64-49-39-31-24-25-32-40-49)54(62-47-37-26-18-14-8-2,65-50-41-33-28-34-42-50)53(12-6,60-45-35-16-10-4)61-46-36-19-15-9-3/h49-51H,7-48H2,1-6H3. The SMILES string of the molecule is CCCCCCCCSC(SC1CCCCCCC1)(SC(F)(F)F)C(CC)(SC1CCCCCC1)C(SCCCCCCC)(SC1CCCCC1)C(CC)(SCCCCC)SCCCCCC. The van der Waals surface area contributed by atoms with E-state index >= 15 is 13.2 Å². The smallest absolute Gasteiger partial charge is 0.160 e. The predicted molar refractivity (Wildman–Crippen MR) is 318 cm³/mol. The molecule has 3 saturated carbocycles. The number of rotatable bonds is 38. The van der Waals surface area contributed by atoms with Crippen LogP contribution < -0.4 is 0 Å². The van der Waals surface area contributed by atoms with Crippen molar-refractivity contribution < 1.29 is 13.2 Å². The maximum absolute atomic E-state index is 16.6. The zero-order valence-corrected chi connectivity index (χ0v) is 50.9. The van der Waals surface area contributed by atoms with Crippen molar-refractivity contribution in [3.8, 4) is 0 Å². The van der Waals surface area contributed by atoms with E-state index in [1.54, 1.807) is 0 Å². The Morgan fingerprint density at radius 2 is 0.701 bits per heavy atom. The molecule has 0 nitrogen and oxygen atoms in total. The second-order valence-corrected chi connectivity index (χ2v) is 33.2. The molecular weight excluding hydrogens is 986 g/mol. The summed E-state index contributed by atoms with van der Waals surface area (Å²) in [6, 6.07) is 0. The molecule has 67 heavy (non-hydrogen) atoms. The van der Waals surface area contributed by atoms with Crippen molar-refractivity contribution in [3.63, 3.8) is 0 Å². The van der Waals surface area contributed by atoms with Gasteiger partial charge in [-0.3, -0.25) is 0 Å². The maximum atomic E-state index is 16.6. The van der Waals surface area contributed by atoms with Crippen LogP contribution in [-0.2, 0) is 0 Å². The van der Waals surface area contributed by atoms with Crippen LogP contribution in [0.2, 0.25) is 0 Å². The number of alkyl halides is 3. The highest BCUT2D eigenvalue weighted by atomic mass is 32.3. The van der Waals surface area contributed by atoms with Crippen LogP contribution in [0.4, 0.5) is 13.2 Å². The van der Waals surface area contributed by atoms with Gasteiger partial charge < -0.3 is 0 Å². The number of thioether (sulfide) groups is 8. The number of hydrogen-bond acceptors (Lipinski definition) is 8. The van der Waals surface area contributed by atoms with Crippen LogP contribution in [0.1, 0.15) is 286 Å². The third-order valence-electron chi connectivity index (χ3n) is 14.9. The molecule has 0 amide bonds. The summed E-state index contributed by atoms with van der Waals surface area (Å²) in [6.07, 6.45) is 45.5. The van der Waals surface area contributed by atoms with Gasteiger partial charge in [-0.15, -0.1) is 82.3 Å². The van der Waals surface area contributed by atoms with Crippen LogP contribution in [0.3, 0.4) is 0 Å². The van der Waals surface area contributed by atoms with Crippen molar-refractivity contribution in [2.24, 2.45) is 0 Å². The summed E-state index contributed by atoms with van der Waals surface area (Å²) in [5.41, 5.74) is -4.34. The van der Waals surface area contributed by atoms with Gasteiger partial charge in [0, 0.05) is 15.7 Å². The van der Waals surface area contributed by atoms with E-state index in [1.165, 1.54) is 180 Å². The first-order valence-corrected chi connectivity index (χ1v) is 36.3. The van der Waals surface area contributed by atoms with E-state index in [0.717, 1.165) is 87.2 Å². The minimum atomic E-state index is -4.34. The van der Waals surface area contributed by atoms with Gasteiger partial charge >= 0.3 is 5.51 Å². The minimum Gasteiger partial charge on any atom is -0.160 e. The molecule has 398 valence electrons. The highest BCUT2D eigenvalue weighted by Crippen LogP contribution is 2.78. The summed E-state index contributed by atoms with van der Waals surface area (Å²) in [7, 11) is 0. The van der Waals surface area contributed by atoms with E-state index < -0.39 is 17.7 Å². The molecule has 3 fully saturated rings. The summed E-state index contributed by atoms with van der Waals surface area (Å²) >= 11 is 15.7. The molecule has 3 aliphatic carbocycles. The summed E-state index contributed by atoms with van der Waals surface area (Å²) in [5.74, 6) is 4.13. The lowest BCUT2D eigenvalue weighted by atomic mass is 9.96. The third kappa shape index (κ3) is 22.0. The Hall–Kier alpha value is 2.59. The third-order valence-corrected chi connectivity index (χ3v) is 31.4. The monoisotopic (exact) mass is 1090 g/mol. The molecule has 0 aliphatic heterocycles. The largest absolute Gasteiger partial charge is 0.443 e. The normalized spacial score (nSPS) is 21.4. The molecule has 0 spiro atoms. The molecule has 0 aromatic heterocycles. The second kappa shape index (κ2) is 37.4. The number of unbranched alkanes of at least 4 members (excludes halogenated alkanes) is 14. The fourth-order valence-electron chi connectivity index (χ4n) is 11.0. The molecule has 0 aromatic rings. The average molecular weight is 1090 g/mol. The summed E-state index contributed by atoms with van der Waals surface area (Å²) in [6.45, 7) is 14.2. The number of halogens is 3. The highest BCUT2D eigenvalue weighted by molar-refractivity contribution is 8.36. The zero-order chi connectivity index (χ0) is 48.6. The molecule has 3 aliphatic rings. The van der Waals surface area contributed by atoms with E-state index in [-0.39, 0.29) is 9.33 Å². The average Bonchev–Trinajstić information content (AvgIpc) is 3.58. The van der Waals surface area contributed by atoms with Crippen molar-refractivity contribution in [3.05, 3.63) is 0 Å². The first-order chi connectivity index (χ1) is 32.6. The molecule has 0 saturated heterocycles. The van der Waals surface area contributed by atoms with E-state index in [4.69, 9.17) is 0 Å². The molecule has 0 radical (unpaired) electrons. The summed E-state index contributed by atoms with van der Waals surface area (Å²) in [5, 5.41) is 1.15. The van der Waals surface area contributed by atoms with E-state index in [1.807, 2.05) is 23.5 Å². The Balaban J connectivity index is 2.57. The second-order valence-electron chi connectivity index (χ2n) is 20.5. The quantitative estimate of drug-likeness (QED) is 0.0336. The van der Waals surface area contributed by atoms with Gasteiger partial charge in [0.05, 0.1) is 8.83 Å². The van der Waals surface area contributed by atoms with Crippen LogP contribution in [-0.4, -0.2) is 60.6 Å². The van der Waals surface area contributed by atoms with Gasteiger partial charge in [-0.05, 0) is 112 Å². The first kappa shape index (κ1) is 63.9. The van der Waals surface area contributed by atoms with Crippen LogP contribution in [0, 0.1) is 0 Å². The highest BCUT2D eigenvalue weighted by Gasteiger charge is 2.73. The molecule has 0 aromatic carbocycles. The van der Waals surface area contributed by atoms with Gasteiger partial charge in [0.1, 0.15) is 7.49 Å². The zero-order valence-electron chi connectivity index (χ0n) is 44.3. The van der Waals surface area contributed by atoms with E-state index in [2.05, 4.69) is 100 Å². The van der Waals surface area contributed by atoms with Crippen LogP contribution in [0.25, 0.3) is 0 Å². The maximum Gasteiger partial charge on any atom is 0.443 e. The molecule has 3 rings (SSSR count). The lowest BCUT2D eigenvalue weighted by Gasteiger charge is -2.65. The topological polar surface area (TPSA) is 0 Å². The van der Waals surface area contributed by atoms with Gasteiger partial charge in [0.15, 0.2) is 0 Å². The Morgan fingerprint density at radius 1 is 0.358 bits per heavy atom. The van der Waals surface area contributed by atoms with Gasteiger partial charge in [-0.2, -0.15) is 13.2 Å². The summed E-state index contributed by atoms with van der Waals surface area (Å²) in [4.78, 5) is 0. The fraction of sp³-hybridized carbons (Fsp3) is 1.00. The van der Waals surface area contributed by atoms with Gasteiger partial charge in [0.25, 0.3) is 0 Å². The van der Waals surface area contributed by atoms with Crippen molar-refractivity contribution in [2.75, 3.05) is 23.0 Å². The molecule has 11 heteroatoms. The summed E-state index contributed by atoms with van der Waals surface area (Å²) < 4.78 is 47.5. The van der Waals surface area contributed by atoms with Crippen molar-refractivity contribution in [1.82, 2.24) is 0 Å². The van der Waals surface area contributed by atoms with Crippen molar-refractivity contribution >= 4 is 94.1 Å². The minimum absolute atomic E-state index is 0.226. The fourth-order valence-corrected chi connectivity index (χ4v) is 29.8. The molecule has 0 bridgehead atoms. The van der Waals surface area contributed by atoms with E-state index in [9.17, 15) is 0 Å². The molecule has 4 atom stereocenters. The van der Waals surface area contributed by atoms with Crippen LogP contribution in [0.5, 0.6) is 0 Å². The van der Waals surface area contributed by atoms with E-state index in [0.29, 0.717) is 22.3 Å². The Kier molecular flexibility index (Phi) is 35.6. The van der Waals surface area contributed by atoms with Crippen LogP contribution >= 0.6 is 94.1 Å². The van der Waals surface area contributed by atoms with Crippen LogP contribution in [0.15, 0.2) is 0 Å². The van der Waals surface area contributed by atoms with Gasteiger partial charge in [-0.25, -0.2) is 0 Å². The molecule has 0 N–H and O–H groups in total. The van der Waals surface area contributed by atoms with Gasteiger partial charge in [0.2, 0.25) is 0 Å².